The van der Waals surface area contributed by atoms with E-state index in [0.29, 0.717) is 0 Å². The van der Waals surface area contributed by atoms with Crippen LogP contribution in [0.3, 0.4) is 0 Å². The average Bonchev–Trinajstić information content (AvgIpc) is 2.20. The molecule has 0 radical (unpaired) electrons. The Morgan fingerprint density at radius 2 is 2.12 bits per heavy atom. The summed E-state index contributed by atoms with van der Waals surface area (Å²) < 4.78 is 29.1. The topological polar surface area (TPSA) is 53.2 Å². The molecule has 3 nitrogen and oxygen atoms in total. The van der Waals surface area contributed by atoms with Crippen molar-refractivity contribution >= 4 is 11.6 Å². The van der Waals surface area contributed by atoms with E-state index in [-0.39, 0.29) is 11.3 Å². The number of ether oxygens (including phenoxy) is 1. The molecule has 1 atom stereocenters. The summed E-state index contributed by atoms with van der Waals surface area (Å²) in [4.78, 5) is 0. The Bertz CT molecular complexity index is 401. The van der Waals surface area contributed by atoms with Crippen molar-refractivity contribution in [3.63, 3.8) is 0 Å². The van der Waals surface area contributed by atoms with Crippen LogP contribution in [0.15, 0.2) is 24.3 Å². The monoisotopic (exact) mass is 247 g/mol. The summed E-state index contributed by atoms with van der Waals surface area (Å²) in [5, 5.41) is 17.6. The van der Waals surface area contributed by atoms with E-state index in [1.807, 2.05) is 0 Å². The predicted octanol–water partition coefficient (Wildman–Crippen LogP) is 2.45. The normalized spacial score (nSPS) is 12.9. The lowest BCUT2D eigenvalue weighted by molar-refractivity contribution is -0.0971. The number of alkyl halides is 3. The Balaban J connectivity index is 3.06. The zero-order valence-corrected chi connectivity index (χ0v) is 8.79. The Morgan fingerprint density at radius 3 is 2.62 bits per heavy atom. The quantitative estimate of drug-likeness (QED) is 0.832. The van der Waals surface area contributed by atoms with Crippen molar-refractivity contribution in [2.24, 2.45) is 0 Å². The molecule has 1 aromatic rings. The highest BCUT2D eigenvalue weighted by molar-refractivity contribution is 6.20. The molecule has 0 saturated heterocycles. The van der Waals surface area contributed by atoms with Gasteiger partial charge in [-0.2, -0.15) is 5.26 Å². The van der Waals surface area contributed by atoms with Gasteiger partial charge < -0.3 is 9.84 Å². The fourth-order valence-corrected chi connectivity index (χ4v) is 1.28. The van der Waals surface area contributed by atoms with Gasteiger partial charge in [-0.25, -0.2) is 0 Å². The fraction of sp³-hybridized carbons (Fsp3) is 0.300. The third-order valence-corrected chi connectivity index (χ3v) is 1.94. The molecule has 0 aromatic heterocycles. The SMILES string of the molecule is N#CC(CO)c1ccccc1OC(F)(F)Cl. The predicted molar refractivity (Wildman–Crippen MR) is 53.3 cm³/mol. The van der Waals surface area contributed by atoms with Crippen LogP contribution >= 0.6 is 11.6 Å². The van der Waals surface area contributed by atoms with E-state index in [4.69, 9.17) is 10.4 Å². The van der Waals surface area contributed by atoms with Gasteiger partial charge in [0.05, 0.1) is 18.6 Å². The minimum absolute atomic E-state index is 0.174. The number of hydrogen-bond acceptors (Lipinski definition) is 3. The number of aliphatic hydroxyl groups is 1. The first-order chi connectivity index (χ1) is 7.48. The molecule has 0 heterocycles. The van der Waals surface area contributed by atoms with Crippen LogP contribution in [0, 0.1) is 11.3 Å². The van der Waals surface area contributed by atoms with E-state index in [9.17, 15) is 8.78 Å². The second-order valence-electron chi connectivity index (χ2n) is 2.95. The first-order valence-corrected chi connectivity index (χ1v) is 4.71. The number of hydrogen-bond donors (Lipinski definition) is 1. The number of nitrogens with zero attached hydrogens (tertiary/aromatic N) is 1. The van der Waals surface area contributed by atoms with Gasteiger partial charge in [0, 0.05) is 17.2 Å². The zero-order chi connectivity index (χ0) is 12.2. The van der Waals surface area contributed by atoms with Crippen LogP contribution in [-0.4, -0.2) is 17.3 Å². The van der Waals surface area contributed by atoms with Crippen molar-refractivity contribution in [2.45, 2.75) is 11.5 Å². The van der Waals surface area contributed by atoms with Gasteiger partial charge in [0.15, 0.2) is 0 Å². The molecule has 1 aromatic carbocycles. The third kappa shape index (κ3) is 3.33. The van der Waals surface area contributed by atoms with Crippen molar-refractivity contribution in [1.29, 1.82) is 5.26 Å². The van der Waals surface area contributed by atoms with Crippen LogP contribution in [0.5, 0.6) is 5.75 Å². The lowest BCUT2D eigenvalue weighted by Crippen LogP contribution is -2.17. The van der Waals surface area contributed by atoms with Crippen molar-refractivity contribution in [1.82, 2.24) is 0 Å². The standard InChI is InChI=1S/C10H8ClF2NO2/c11-10(12,13)16-9-4-2-1-3-8(9)7(5-14)6-15/h1-4,7,15H,6H2. The Kier molecular flexibility index (Phi) is 4.05. The number of aliphatic hydroxyl groups excluding tert-OH is 1. The molecule has 0 bridgehead atoms. The summed E-state index contributed by atoms with van der Waals surface area (Å²) in [6, 6.07) is 7.47. The third-order valence-electron chi connectivity index (χ3n) is 1.86. The first kappa shape index (κ1) is 12.7. The summed E-state index contributed by atoms with van der Waals surface area (Å²) in [5.74, 6) is -1.14. The Hall–Kier alpha value is -1.38. The smallest absolute Gasteiger partial charge is 0.420 e. The van der Waals surface area contributed by atoms with Gasteiger partial charge in [-0.15, -0.1) is 8.78 Å². The molecular formula is C10H8ClF2NO2. The van der Waals surface area contributed by atoms with E-state index in [1.54, 1.807) is 12.1 Å². The van der Waals surface area contributed by atoms with Crippen molar-refractivity contribution in [2.75, 3.05) is 6.61 Å². The number of rotatable bonds is 4. The fourth-order valence-electron chi connectivity index (χ4n) is 1.19. The Morgan fingerprint density at radius 1 is 1.50 bits per heavy atom. The highest BCUT2D eigenvalue weighted by atomic mass is 35.5. The lowest BCUT2D eigenvalue weighted by atomic mass is 10.0. The maximum atomic E-state index is 12.5. The van der Waals surface area contributed by atoms with Crippen molar-refractivity contribution < 1.29 is 18.6 Å². The average molecular weight is 248 g/mol. The molecule has 0 amide bonds. The van der Waals surface area contributed by atoms with Crippen LogP contribution in [0.2, 0.25) is 0 Å². The van der Waals surface area contributed by atoms with Crippen LogP contribution in [0.1, 0.15) is 11.5 Å². The number of para-hydroxylation sites is 1. The van der Waals surface area contributed by atoms with E-state index in [1.165, 1.54) is 18.2 Å². The van der Waals surface area contributed by atoms with Crippen LogP contribution in [0.25, 0.3) is 0 Å². The second kappa shape index (κ2) is 5.10. The minimum atomic E-state index is -3.84. The largest absolute Gasteiger partial charge is 0.487 e. The molecule has 0 aliphatic carbocycles. The van der Waals surface area contributed by atoms with E-state index < -0.39 is 18.1 Å². The minimum Gasteiger partial charge on any atom is -0.420 e. The molecule has 16 heavy (non-hydrogen) atoms. The highest BCUT2D eigenvalue weighted by Gasteiger charge is 2.29. The van der Waals surface area contributed by atoms with Crippen LogP contribution in [0.4, 0.5) is 8.78 Å². The first-order valence-electron chi connectivity index (χ1n) is 4.33. The summed E-state index contributed by atoms with van der Waals surface area (Å²) in [6.45, 7) is -0.481. The van der Waals surface area contributed by atoms with Gasteiger partial charge >= 0.3 is 5.57 Å². The molecule has 86 valence electrons. The molecular weight excluding hydrogens is 240 g/mol. The molecule has 0 aliphatic heterocycles. The summed E-state index contributed by atoms with van der Waals surface area (Å²) in [7, 11) is 0. The van der Waals surface area contributed by atoms with E-state index in [0.717, 1.165) is 0 Å². The number of benzene rings is 1. The maximum absolute atomic E-state index is 12.5. The summed E-state index contributed by atoms with van der Waals surface area (Å²) in [5.41, 5.74) is -3.67. The van der Waals surface area contributed by atoms with Crippen molar-refractivity contribution in [3.05, 3.63) is 29.8 Å². The second-order valence-corrected chi connectivity index (χ2v) is 3.39. The molecule has 6 heteroatoms. The Labute approximate surface area is 95.8 Å². The maximum Gasteiger partial charge on any atom is 0.487 e. The van der Waals surface area contributed by atoms with Gasteiger partial charge in [-0.1, -0.05) is 18.2 Å². The number of halogens is 3. The van der Waals surface area contributed by atoms with Crippen LogP contribution < -0.4 is 4.74 Å². The van der Waals surface area contributed by atoms with E-state index in [2.05, 4.69) is 16.3 Å². The molecule has 1 rings (SSSR count). The van der Waals surface area contributed by atoms with Gasteiger partial charge in [-0.05, 0) is 6.07 Å². The number of nitriles is 1. The van der Waals surface area contributed by atoms with Crippen LogP contribution in [-0.2, 0) is 0 Å². The van der Waals surface area contributed by atoms with Gasteiger partial charge in [0.1, 0.15) is 5.75 Å². The lowest BCUT2D eigenvalue weighted by Gasteiger charge is -2.15. The molecule has 0 saturated carbocycles. The van der Waals surface area contributed by atoms with Gasteiger partial charge in [-0.3, -0.25) is 0 Å². The zero-order valence-electron chi connectivity index (χ0n) is 8.03. The molecule has 1 unspecified atom stereocenters. The molecule has 0 spiro atoms. The molecule has 0 fully saturated rings. The van der Waals surface area contributed by atoms with Gasteiger partial charge in [0.2, 0.25) is 0 Å². The molecule has 0 aliphatic rings. The summed E-state index contributed by atoms with van der Waals surface area (Å²) in [6.07, 6.45) is 0. The van der Waals surface area contributed by atoms with E-state index >= 15 is 0 Å². The summed E-state index contributed by atoms with van der Waals surface area (Å²) >= 11 is 4.63. The van der Waals surface area contributed by atoms with Gasteiger partial charge in [0.25, 0.3) is 0 Å². The van der Waals surface area contributed by atoms with Crippen molar-refractivity contribution in [3.8, 4) is 11.8 Å². The molecule has 1 N–H and O–H groups in total. The highest BCUT2D eigenvalue weighted by Crippen LogP contribution is 2.31.